The van der Waals surface area contributed by atoms with Crippen molar-refractivity contribution in [3.8, 4) is 16.9 Å². The average Bonchev–Trinajstić information content (AvgIpc) is 3.58. The van der Waals surface area contributed by atoms with Crippen molar-refractivity contribution < 1.29 is 24.3 Å². The molecule has 0 bridgehead atoms. The maximum atomic E-state index is 10.9. The first-order valence-electron chi connectivity index (χ1n) is 16.7. The van der Waals surface area contributed by atoms with Crippen LogP contribution in [0.1, 0.15) is 88.7 Å². The van der Waals surface area contributed by atoms with Crippen LogP contribution in [-0.4, -0.2) is 68.8 Å². The molecule has 0 atom stereocenters. The monoisotopic (exact) mass is 682 g/mol. The lowest BCUT2D eigenvalue weighted by Crippen LogP contribution is -2.25. The normalized spacial score (nSPS) is 14.2. The summed E-state index contributed by atoms with van der Waals surface area (Å²) >= 11 is 3.03. The number of thiol groups is 1. The van der Waals surface area contributed by atoms with E-state index in [1.54, 1.807) is 19.1 Å². The molecule has 48 heavy (non-hydrogen) atoms. The Labute approximate surface area is 294 Å². The predicted molar refractivity (Wildman–Crippen MR) is 202 cm³/mol. The van der Waals surface area contributed by atoms with Crippen LogP contribution in [0.3, 0.4) is 0 Å². The molecule has 9 nitrogen and oxygen atoms in total. The van der Waals surface area contributed by atoms with Crippen LogP contribution in [0.4, 0.5) is 0 Å². The number of oxime groups is 1. The van der Waals surface area contributed by atoms with E-state index in [9.17, 15) is 14.8 Å². The first-order valence-corrected chi connectivity index (χ1v) is 17.2. The van der Waals surface area contributed by atoms with Crippen LogP contribution >= 0.6 is 12.8 Å². The minimum Gasteiger partial charge on any atom is -0.494 e. The van der Waals surface area contributed by atoms with E-state index in [0.717, 1.165) is 66.3 Å². The molecule has 0 aliphatic heterocycles. The minimum atomic E-state index is 0.229. The van der Waals surface area contributed by atoms with Crippen molar-refractivity contribution in [3.63, 3.8) is 0 Å². The Morgan fingerprint density at radius 1 is 1.02 bits per heavy atom. The molecule has 0 unspecified atom stereocenters. The lowest BCUT2D eigenvalue weighted by atomic mass is 10.1. The van der Waals surface area contributed by atoms with E-state index in [1.165, 1.54) is 51.0 Å². The molecular weight excluding hydrogens is 625 g/mol. The Morgan fingerprint density at radius 3 is 2.10 bits per heavy atom. The van der Waals surface area contributed by atoms with E-state index < -0.39 is 0 Å². The van der Waals surface area contributed by atoms with Gasteiger partial charge in [0.05, 0.1) is 6.61 Å². The highest BCUT2D eigenvalue weighted by Gasteiger charge is 2.25. The Balaban J connectivity index is 0.000000779. The number of allylic oxidation sites excluding steroid dienone is 2. The highest BCUT2D eigenvalue weighted by molar-refractivity contribution is 7.77. The van der Waals surface area contributed by atoms with Crippen molar-refractivity contribution in [3.05, 3.63) is 72.3 Å². The first-order chi connectivity index (χ1) is 23.4. The molecule has 2 aromatic carbocycles. The second-order valence-corrected chi connectivity index (χ2v) is 11.9. The summed E-state index contributed by atoms with van der Waals surface area (Å²) in [6, 6.07) is 14.0. The maximum absolute atomic E-state index is 10.9. The molecule has 5 rings (SSSR count). The Kier molecular flexibility index (Phi) is 26.2. The second kappa shape index (κ2) is 28.3. The van der Waals surface area contributed by atoms with Gasteiger partial charge in [0.1, 0.15) is 24.2 Å². The standard InChI is InChI=1S/C21H26N2O2.C7H13NO.C5H6O.C4H8.CH2O.H3NS/c1-23(2)13-7-3-4-8-14-25-16-11-12-18-17-9-5-6-10-19(17)21(22-24)20(18)15-16;1-8-7(9)6-4-2-3-5-6;1-2-3-4-5-6;1-4-2-3-4;2*1-2/h5-6,9-12,15,24H,3-4,7-8,13-14H2,1-2H3;6H,2-5H2,1H3,(H,8,9);2,4H,1,3H2;4H,2-3H2,1H3;1H2;2H,1H2/b22-21+;;;;;. The number of ether oxygens (including phenoxy) is 1. The molecule has 0 saturated heterocycles. The summed E-state index contributed by atoms with van der Waals surface area (Å²) in [6.07, 6.45) is 16.0. The van der Waals surface area contributed by atoms with Crippen molar-refractivity contribution in [2.24, 2.45) is 22.1 Å². The number of benzene rings is 2. The second-order valence-electron chi connectivity index (χ2n) is 11.9. The summed E-state index contributed by atoms with van der Waals surface area (Å²) < 4.78 is 5.90. The average molecular weight is 683 g/mol. The number of hydrogen-bond donors (Lipinski definition) is 4. The largest absolute Gasteiger partial charge is 0.494 e. The van der Waals surface area contributed by atoms with E-state index in [-0.39, 0.29) is 5.91 Å². The van der Waals surface area contributed by atoms with Crippen LogP contribution in [0, 0.1) is 11.8 Å². The zero-order valence-electron chi connectivity index (χ0n) is 29.5. The van der Waals surface area contributed by atoms with Gasteiger partial charge in [0, 0.05) is 30.2 Å². The molecule has 3 aliphatic carbocycles. The number of unbranched alkanes of at least 4 members (excludes halogenated alkanes) is 3. The molecule has 2 fully saturated rings. The van der Waals surface area contributed by atoms with E-state index in [0.29, 0.717) is 18.1 Å². The number of hydrogen-bond acceptors (Lipinski definition) is 9. The Hall–Kier alpha value is -3.69. The van der Waals surface area contributed by atoms with E-state index in [4.69, 9.17) is 9.53 Å². The quantitative estimate of drug-likeness (QED) is 0.0417. The van der Waals surface area contributed by atoms with E-state index in [1.807, 2.05) is 37.1 Å². The highest BCUT2D eigenvalue weighted by atomic mass is 32.1. The zero-order valence-corrected chi connectivity index (χ0v) is 30.4. The summed E-state index contributed by atoms with van der Waals surface area (Å²) in [5.41, 5.74) is 4.74. The van der Waals surface area contributed by atoms with Gasteiger partial charge < -0.3 is 25.0 Å². The van der Waals surface area contributed by atoms with Gasteiger partial charge in [0.25, 0.3) is 0 Å². The molecule has 3 aliphatic rings. The van der Waals surface area contributed by atoms with Gasteiger partial charge in [-0.25, -0.2) is 4.79 Å². The molecule has 0 heterocycles. The van der Waals surface area contributed by atoms with Crippen LogP contribution < -0.4 is 15.2 Å². The van der Waals surface area contributed by atoms with E-state index in [2.05, 4.69) is 73.1 Å². The number of nitrogens with one attached hydrogen (secondary N) is 1. The fraction of sp³-hybridized carbons (Fsp3) is 0.500. The molecule has 0 radical (unpaired) electrons. The lowest BCUT2D eigenvalue weighted by molar-refractivity contribution is -0.124. The van der Waals surface area contributed by atoms with Gasteiger partial charge in [-0.05, 0) is 88.0 Å². The topological polar surface area (TPSA) is 134 Å². The molecule has 1 amide bonds. The van der Waals surface area contributed by atoms with E-state index >= 15 is 0 Å². The summed E-state index contributed by atoms with van der Waals surface area (Å²) in [5, 5.41) is 19.8. The molecule has 10 heteroatoms. The fourth-order valence-electron chi connectivity index (χ4n) is 4.99. The van der Waals surface area contributed by atoms with Crippen molar-refractivity contribution in [1.82, 2.24) is 10.2 Å². The number of fused-ring (bicyclic) bond motifs is 3. The van der Waals surface area contributed by atoms with Gasteiger partial charge in [-0.2, -0.15) is 0 Å². The van der Waals surface area contributed by atoms with Crippen LogP contribution in [0.2, 0.25) is 0 Å². The van der Waals surface area contributed by atoms with Gasteiger partial charge in [0.2, 0.25) is 5.91 Å². The third kappa shape index (κ3) is 18.0. The zero-order chi connectivity index (χ0) is 36.2. The number of carbonyl (C=O) groups is 2. The summed E-state index contributed by atoms with van der Waals surface area (Å²) in [5.74, 6) is 4.10. The van der Waals surface area contributed by atoms with Crippen molar-refractivity contribution >= 4 is 37.2 Å². The Bertz CT molecular complexity index is 1250. The summed E-state index contributed by atoms with van der Waals surface area (Å²) in [6.45, 7) is 9.54. The van der Waals surface area contributed by atoms with Gasteiger partial charge >= 0.3 is 0 Å². The molecule has 0 spiro atoms. The summed E-state index contributed by atoms with van der Waals surface area (Å²) in [4.78, 5) is 30.5. The number of nitrogens with zero attached hydrogens (tertiary/aromatic N) is 2. The summed E-state index contributed by atoms with van der Waals surface area (Å²) in [7, 11) is 5.93. The number of amides is 1. The lowest BCUT2D eigenvalue weighted by Gasteiger charge is -2.10. The molecule has 0 aromatic heterocycles. The minimum absolute atomic E-state index is 0.229. The molecule has 266 valence electrons. The first kappa shape index (κ1) is 44.3. The predicted octanol–water partition coefficient (Wildman–Crippen LogP) is 7.29. The number of nitrogens with two attached hydrogens (primary N) is 1. The number of carbonyl (C=O) groups excluding carboxylic acids is 3. The SMILES string of the molecule is C=CCC=C=O.C=O.CC1CC1.CN(C)CCCCCCOc1ccc2c(c1)/C(=N/O)c1ccccc1-2.CNC(=O)C1CCCC1.NS. The van der Waals surface area contributed by atoms with Crippen LogP contribution in [0.5, 0.6) is 5.75 Å². The third-order valence-electron chi connectivity index (χ3n) is 7.79. The van der Waals surface area contributed by atoms with Gasteiger partial charge in [-0.3, -0.25) is 9.93 Å². The van der Waals surface area contributed by atoms with Crippen LogP contribution in [-0.2, 0) is 14.4 Å². The van der Waals surface area contributed by atoms with Gasteiger partial charge in [-0.15, -0.1) is 19.4 Å². The molecule has 2 saturated carbocycles. The molecule has 2 aromatic rings. The van der Waals surface area contributed by atoms with Crippen molar-refractivity contribution in [2.45, 2.75) is 77.6 Å². The number of rotatable bonds is 11. The van der Waals surface area contributed by atoms with Crippen LogP contribution in [0.25, 0.3) is 11.1 Å². The van der Waals surface area contributed by atoms with Gasteiger partial charge in [-0.1, -0.05) is 80.9 Å². The molecular formula is C38H58N4O5S. The highest BCUT2D eigenvalue weighted by Crippen LogP contribution is 2.38. The van der Waals surface area contributed by atoms with Crippen molar-refractivity contribution in [2.75, 3.05) is 34.3 Å². The fourth-order valence-corrected chi connectivity index (χ4v) is 4.99. The smallest absolute Gasteiger partial charge is 0.222 e. The van der Waals surface area contributed by atoms with Gasteiger partial charge in [0.15, 0.2) is 0 Å². The third-order valence-corrected chi connectivity index (χ3v) is 7.79. The Morgan fingerprint density at radius 2 is 1.60 bits per heavy atom. The maximum Gasteiger partial charge on any atom is 0.222 e. The van der Waals surface area contributed by atoms with Crippen LogP contribution in [0.15, 0.2) is 66.4 Å². The molecule has 4 N–H and O–H groups in total. The van der Waals surface area contributed by atoms with Crippen molar-refractivity contribution in [1.29, 1.82) is 0 Å².